The zero-order valence-electron chi connectivity index (χ0n) is 12.0. The maximum absolute atomic E-state index is 4.57. The van der Waals surface area contributed by atoms with E-state index in [0.29, 0.717) is 0 Å². The van der Waals surface area contributed by atoms with Crippen LogP contribution in [0.4, 0.5) is 0 Å². The van der Waals surface area contributed by atoms with Gasteiger partial charge in [-0.15, -0.1) is 0 Å². The average Bonchev–Trinajstić information content (AvgIpc) is 2.99. The van der Waals surface area contributed by atoms with Crippen molar-refractivity contribution in [3.05, 3.63) is 77.9 Å². The zero-order chi connectivity index (χ0) is 14.5. The van der Waals surface area contributed by atoms with E-state index in [2.05, 4.69) is 22.3 Å². The van der Waals surface area contributed by atoms with Crippen LogP contribution in [0.5, 0.6) is 0 Å². The van der Waals surface area contributed by atoms with Gasteiger partial charge in [-0.2, -0.15) is 5.10 Å². The van der Waals surface area contributed by atoms with E-state index in [0.717, 1.165) is 24.5 Å². The summed E-state index contributed by atoms with van der Waals surface area (Å²) in [6.45, 7) is 3.65. The van der Waals surface area contributed by atoms with Crippen LogP contribution >= 0.6 is 0 Å². The van der Waals surface area contributed by atoms with Crippen molar-refractivity contribution in [1.82, 2.24) is 20.1 Å². The van der Waals surface area contributed by atoms with Gasteiger partial charge in [0.15, 0.2) is 0 Å². The van der Waals surface area contributed by atoms with Crippen molar-refractivity contribution in [3.63, 3.8) is 0 Å². The fraction of sp³-hybridized carbons (Fsp3) is 0.176. The first-order valence-electron chi connectivity index (χ1n) is 7.03. The Hall–Kier alpha value is -2.46. The molecule has 3 rings (SSSR count). The standard InChI is InChI=1S/C17H18N4/c1-14-7-9-18-11-15(14)12-19-13-16-8-10-21(20-16)17-5-3-2-4-6-17/h2-11,19H,12-13H2,1H3. The molecule has 0 bridgehead atoms. The van der Waals surface area contributed by atoms with E-state index in [9.17, 15) is 0 Å². The molecule has 21 heavy (non-hydrogen) atoms. The summed E-state index contributed by atoms with van der Waals surface area (Å²) in [4.78, 5) is 4.16. The quantitative estimate of drug-likeness (QED) is 0.780. The average molecular weight is 278 g/mol. The van der Waals surface area contributed by atoms with E-state index in [4.69, 9.17) is 0 Å². The highest BCUT2D eigenvalue weighted by Crippen LogP contribution is 2.08. The van der Waals surface area contributed by atoms with Crippen molar-refractivity contribution >= 4 is 0 Å². The first-order valence-corrected chi connectivity index (χ1v) is 7.03. The van der Waals surface area contributed by atoms with Crippen LogP contribution in [-0.2, 0) is 13.1 Å². The van der Waals surface area contributed by atoms with Gasteiger partial charge in [0.1, 0.15) is 0 Å². The molecule has 0 saturated carbocycles. The summed E-state index contributed by atoms with van der Waals surface area (Å²) in [7, 11) is 0. The summed E-state index contributed by atoms with van der Waals surface area (Å²) in [6, 6.07) is 14.2. The second kappa shape index (κ2) is 6.33. The van der Waals surface area contributed by atoms with E-state index in [-0.39, 0.29) is 0 Å². The van der Waals surface area contributed by atoms with E-state index in [1.807, 2.05) is 65.7 Å². The van der Waals surface area contributed by atoms with Gasteiger partial charge >= 0.3 is 0 Å². The van der Waals surface area contributed by atoms with Gasteiger partial charge in [-0.05, 0) is 42.3 Å². The van der Waals surface area contributed by atoms with Crippen LogP contribution in [0.2, 0.25) is 0 Å². The van der Waals surface area contributed by atoms with Gasteiger partial charge in [0.05, 0.1) is 11.4 Å². The number of nitrogens with zero attached hydrogens (tertiary/aromatic N) is 3. The summed E-state index contributed by atoms with van der Waals surface area (Å²) in [5.41, 5.74) is 4.58. The zero-order valence-corrected chi connectivity index (χ0v) is 12.0. The molecule has 0 unspecified atom stereocenters. The highest BCUT2D eigenvalue weighted by atomic mass is 15.3. The molecule has 1 N–H and O–H groups in total. The van der Waals surface area contributed by atoms with Gasteiger partial charge < -0.3 is 5.32 Å². The Labute approximate surface area is 124 Å². The fourth-order valence-corrected chi connectivity index (χ4v) is 2.19. The van der Waals surface area contributed by atoms with Crippen molar-refractivity contribution < 1.29 is 0 Å². The van der Waals surface area contributed by atoms with Crippen LogP contribution in [0.3, 0.4) is 0 Å². The van der Waals surface area contributed by atoms with Gasteiger partial charge in [0.2, 0.25) is 0 Å². The molecule has 0 amide bonds. The second-order valence-electron chi connectivity index (χ2n) is 4.99. The Kier molecular flexibility index (Phi) is 4.07. The van der Waals surface area contributed by atoms with Gasteiger partial charge in [-0.25, -0.2) is 4.68 Å². The minimum atomic E-state index is 0.744. The molecule has 0 atom stereocenters. The lowest BCUT2D eigenvalue weighted by atomic mass is 10.1. The van der Waals surface area contributed by atoms with E-state index < -0.39 is 0 Å². The normalized spacial score (nSPS) is 10.7. The Balaban J connectivity index is 1.60. The molecule has 4 nitrogen and oxygen atoms in total. The van der Waals surface area contributed by atoms with E-state index in [1.165, 1.54) is 11.1 Å². The molecule has 3 aromatic rings. The minimum Gasteiger partial charge on any atom is -0.307 e. The molecular formula is C17H18N4. The molecule has 0 spiro atoms. The molecular weight excluding hydrogens is 260 g/mol. The Morgan fingerprint density at radius 2 is 1.90 bits per heavy atom. The first-order chi connectivity index (χ1) is 10.3. The number of pyridine rings is 1. The predicted molar refractivity (Wildman–Crippen MR) is 83.1 cm³/mol. The summed E-state index contributed by atoms with van der Waals surface area (Å²) < 4.78 is 1.90. The highest BCUT2D eigenvalue weighted by Gasteiger charge is 2.02. The van der Waals surface area contributed by atoms with Gasteiger partial charge in [0, 0.05) is 31.7 Å². The van der Waals surface area contributed by atoms with Crippen molar-refractivity contribution in [2.75, 3.05) is 0 Å². The summed E-state index contributed by atoms with van der Waals surface area (Å²) in [5, 5.41) is 7.98. The molecule has 2 heterocycles. The van der Waals surface area contributed by atoms with Crippen LogP contribution < -0.4 is 5.32 Å². The van der Waals surface area contributed by atoms with Crippen LogP contribution in [0.25, 0.3) is 5.69 Å². The summed E-state index contributed by atoms with van der Waals surface area (Å²) in [5.74, 6) is 0. The molecule has 0 fully saturated rings. The number of nitrogens with one attached hydrogen (secondary N) is 1. The SMILES string of the molecule is Cc1ccncc1CNCc1ccn(-c2ccccc2)n1. The second-order valence-corrected chi connectivity index (χ2v) is 4.99. The molecule has 106 valence electrons. The van der Waals surface area contributed by atoms with Crippen LogP contribution in [0, 0.1) is 6.92 Å². The number of aromatic nitrogens is 3. The lowest BCUT2D eigenvalue weighted by molar-refractivity contribution is 0.666. The first kappa shape index (κ1) is 13.5. The van der Waals surface area contributed by atoms with Gasteiger partial charge in [-0.3, -0.25) is 4.98 Å². The molecule has 2 aromatic heterocycles. The topological polar surface area (TPSA) is 42.7 Å². The number of aryl methyl sites for hydroxylation is 1. The maximum Gasteiger partial charge on any atom is 0.0766 e. The number of rotatable bonds is 5. The summed E-state index contributed by atoms with van der Waals surface area (Å²) >= 11 is 0. The Morgan fingerprint density at radius 1 is 1.05 bits per heavy atom. The molecule has 0 radical (unpaired) electrons. The smallest absolute Gasteiger partial charge is 0.0766 e. The van der Waals surface area contributed by atoms with Crippen LogP contribution in [0.15, 0.2) is 61.1 Å². The number of benzene rings is 1. The van der Waals surface area contributed by atoms with Crippen LogP contribution in [0.1, 0.15) is 16.8 Å². The van der Waals surface area contributed by atoms with E-state index >= 15 is 0 Å². The van der Waals surface area contributed by atoms with E-state index in [1.54, 1.807) is 0 Å². The van der Waals surface area contributed by atoms with Gasteiger partial charge in [-0.1, -0.05) is 18.2 Å². The molecule has 4 heteroatoms. The molecule has 0 aliphatic rings. The molecule has 0 saturated heterocycles. The van der Waals surface area contributed by atoms with Crippen LogP contribution in [-0.4, -0.2) is 14.8 Å². The highest BCUT2D eigenvalue weighted by molar-refractivity contribution is 5.30. The predicted octanol–water partition coefficient (Wildman–Crippen LogP) is 2.87. The Morgan fingerprint density at radius 3 is 2.71 bits per heavy atom. The fourth-order valence-electron chi connectivity index (χ4n) is 2.19. The number of hydrogen-bond acceptors (Lipinski definition) is 3. The molecule has 0 aliphatic heterocycles. The Bertz CT molecular complexity index is 704. The summed E-state index contributed by atoms with van der Waals surface area (Å²) in [6.07, 6.45) is 5.72. The third kappa shape index (κ3) is 3.35. The van der Waals surface area contributed by atoms with Crippen molar-refractivity contribution in [2.45, 2.75) is 20.0 Å². The molecule has 1 aromatic carbocycles. The number of para-hydroxylation sites is 1. The maximum atomic E-state index is 4.57. The number of hydrogen-bond donors (Lipinski definition) is 1. The lowest BCUT2D eigenvalue weighted by Gasteiger charge is -2.05. The van der Waals surface area contributed by atoms with Gasteiger partial charge in [0.25, 0.3) is 0 Å². The van der Waals surface area contributed by atoms with Crippen molar-refractivity contribution in [1.29, 1.82) is 0 Å². The monoisotopic (exact) mass is 278 g/mol. The lowest BCUT2D eigenvalue weighted by Crippen LogP contribution is -2.14. The van der Waals surface area contributed by atoms with Crippen molar-refractivity contribution in [2.24, 2.45) is 0 Å². The minimum absolute atomic E-state index is 0.744. The third-order valence-corrected chi connectivity index (χ3v) is 3.43. The largest absolute Gasteiger partial charge is 0.307 e. The van der Waals surface area contributed by atoms with Crippen molar-refractivity contribution in [3.8, 4) is 5.69 Å². The third-order valence-electron chi connectivity index (χ3n) is 3.43. The molecule has 0 aliphatic carbocycles.